The van der Waals surface area contributed by atoms with Crippen LogP contribution in [0.5, 0.6) is 5.75 Å². The van der Waals surface area contributed by atoms with Crippen molar-refractivity contribution in [1.82, 2.24) is 14.9 Å². The molecule has 0 atom stereocenters. The minimum atomic E-state index is -0.322. The van der Waals surface area contributed by atoms with Crippen molar-refractivity contribution in [1.29, 1.82) is 0 Å². The Morgan fingerprint density at radius 1 is 1.33 bits per heavy atom. The zero-order valence-corrected chi connectivity index (χ0v) is 15.5. The van der Waals surface area contributed by atoms with Crippen LogP contribution in [0, 0.1) is 0 Å². The van der Waals surface area contributed by atoms with Crippen LogP contribution in [-0.4, -0.2) is 34.5 Å². The number of ether oxygens (including phenoxy) is 1. The summed E-state index contributed by atoms with van der Waals surface area (Å²) in [6.07, 6.45) is 4.40. The molecule has 8 heteroatoms. The molecule has 2 N–H and O–H groups in total. The van der Waals surface area contributed by atoms with Gasteiger partial charge < -0.3 is 19.9 Å². The number of carbonyl (C=O) groups is 2. The summed E-state index contributed by atoms with van der Waals surface area (Å²) in [4.78, 5) is 28.5. The van der Waals surface area contributed by atoms with Crippen LogP contribution >= 0.6 is 11.3 Å². The van der Waals surface area contributed by atoms with Gasteiger partial charge in [-0.05, 0) is 17.7 Å². The fourth-order valence-electron chi connectivity index (χ4n) is 2.85. The Balaban J connectivity index is 1.35. The van der Waals surface area contributed by atoms with Gasteiger partial charge in [0, 0.05) is 36.8 Å². The fraction of sp³-hybridized carbons (Fsp3) is 0.211. The number of thiazole rings is 1. The van der Waals surface area contributed by atoms with E-state index in [9.17, 15) is 9.59 Å². The lowest BCUT2D eigenvalue weighted by atomic mass is 10.1. The highest BCUT2D eigenvalue weighted by molar-refractivity contribution is 7.14. The number of benzene rings is 1. The molecule has 3 heterocycles. The highest BCUT2D eigenvalue weighted by atomic mass is 32.1. The molecule has 27 heavy (non-hydrogen) atoms. The number of aromatic nitrogens is 2. The largest absolute Gasteiger partial charge is 0.493 e. The number of hydrogen-bond donors (Lipinski definition) is 2. The van der Waals surface area contributed by atoms with Gasteiger partial charge >= 0.3 is 0 Å². The SMILES string of the molecule is Cn1ccc(C(=O)NCC(=O)Nc2nc(-c3ccc4c(c3)OCC4)cs2)c1. The molecule has 1 aliphatic rings. The lowest BCUT2D eigenvalue weighted by Crippen LogP contribution is -2.32. The van der Waals surface area contributed by atoms with Crippen LogP contribution < -0.4 is 15.4 Å². The van der Waals surface area contributed by atoms with E-state index in [-0.39, 0.29) is 18.4 Å². The number of anilines is 1. The second-order valence-electron chi connectivity index (χ2n) is 6.26. The van der Waals surface area contributed by atoms with E-state index in [1.54, 1.807) is 23.0 Å². The topological polar surface area (TPSA) is 85.3 Å². The first-order chi connectivity index (χ1) is 13.1. The number of carbonyl (C=O) groups excluding carboxylic acids is 2. The third-order valence-electron chi connectivity index (χ3n) is 4.25. The van der Waals surface area contributed by atoms with Crippen LogP contribution in [0.25, 0.3) is 11.3 Å². The molecule has 1 aliphatic heterocycles. The fourth-order valence-corrected chi connectivity index (χ4v) is 3.59. The van der Waals surface area contributed by atoms with Gasteiger partial charge in [-0.3, -0.25) is 9.59 Å². The van der Waals surface area contributed by atoms with Crippen molar-refractivity contribution in [2.45, 2.75) is 6.42 Å². The average Bonchev–Trinajstić information content (AvgIpc) is 3.39. The van der Waals surface area contributed by atoms with Gasteiger partial charge in [0.15, 0.2) is 5.13 Å². The molecule has 138 valence electrons. The van der Waals surface area contributed by atoms with Gasteiger partial charge in [0.05, 0.1) is 24.4 Å². The Labute approximate surface area is 160 Å². The zero-order chi connectivity index (χ0) is 18.8. The Morgan fingerprint density at radius 3 is 3.04 bits per heavy atom. The molecule has 1 aromatic carbocycles. The Hall–Kier alpha value is -3.13. The monoisotopic (exact) mass is 382 g/mol. The third kappa shape index (κ3) is 3.85. The van der Waals surface area contributed by atoms with Gasteiger partial charge in [-0.15, -0.1) is 11.3 Å². The highest BCUT2D eigenvalue weighted by Crippen LogP contribution is 2.32. The molecule has 0 aliphatic carbocycles. The number of rotatable bonds is 5. The summed E-state index contributed by atoms with van der Waals surface area (Å²) in [5.74, 6) is 0.288. The number of aryl methyl sites for hydroxylation is 1. The van der Waals surface area contributed by atoms with Crippen LogP contribution in [0.2, 0.25) is 0 Å². The van der Waals surface area contributed by atoms with Gasteiger partial charge in [0.25, 0.3) is 5.91 Å². The standard InChI is InChI=1S/C19H18N4O3S/c1-23-6-4-14(10-23)18(25)20-9-17(24)22-19-21-15(11-27-19)13-3-2-12-5-7-26-16(12)8-13/h2-4,6,8,10-11H,5,7,9H2,1H3,(H,20,25)(H,21,22,24). The molecular weight excluding hydrogens is 364 g/mol. The maximum Gasteiger partial charge on any atom is 0.253 e. The van der Waals surface area contributed by atoms with Crippen molar-refractivity contribution < 1.29 is 14.3 Å². The average molecular weight is 382 g/mol. The van der Waals surface area contributed by atoms with Crippen molar-refractivity contribution >= 4 is 28.3 Å². The summed E-state index contributed by atoms with van der Waals surface area (Å²) in [7, 11) is 1.83. The van der Waals surface area contributed by atoms with Crippen molar-refractivity contribution in [3.05, 3.63) is 53.2 Å². The number of nitrogens with one attached hydrogen (secondary N) is 2. The first kappa shape index (κ1) is 17.3. The minimum absolute atomic E-state index is 0.116. The summed E-state index contributed by atoms with van der Waals surface area (Å²) < 4.78 is 7.36. The first-order valence-corrected chi connectivity index (χ1v) is 9.38. The predicted octanol–water partition coefficient (Wildman–Crippen LogP) is 2.45. The second-order valence-corrected chi connectivity index (χ2v) is 7.11. The molecule has 0 bridgehead atoms. The van der Waals surface area contributed by atoms with Crippen molar-refractivity contribution in [3.8, 4) is 17.0 Å². The minimum Gasteiger partial charge on any atom is -0.493 e. The van der Waals surface area contributed by atoms with Crippen molar-refractivity contribution in [2.75, 3.05) is 18.5 Å². The normalized spacial score (nSPS) is 12.3. The van der Waals surface area contributed by atoms with E-state index in [0.717, 1.165) is 23.4 Å². The molecule has 0 spiro atoms. The summed E-state index contributed by atoms with van der Waals surface area (Å²) >= 11 is 1.34. The van der Waals surface area contributed by atoms with Gasteiger partial charge in [-0.25, -0.2) is 4.98 Å². The predicted molar refractivity (Wildman–Crippen MR) is 103 cm³/mol. The number of nitrogens with zero attached hydrogens (tertiary/aromatic N) is 2. The van der Waals surface area contributed by atoms with E-state index in [0.29, 0.717) is 17.3 Å². The maximum atomic E-state index is 12.1. The van der Waals surface area contributed by atoms with Gasteiger partial charge in [0.2, 0.25) is 5.91 Å². The van der Waals surface area contributed by atoms with E-state index in [2.05, 4.69) is 15.6 Å². The van der Waals surface area contributed by atoms with Gasteiger partial charge in [0.1, 0.15) is 5.75 Å². The van der Waals surface area contributed by atoms with Gasteiger partial charge in [-0.1, -0.05) is 12.1 Å². The van der Waals surface area contributed by atoms with Crippen molar-refractivity contribution in [2.24, 2.45) is 7.05 Å². The summed E-state index contributed by atoms with van der Waals surface area (Å²) in [6, 6.07) is 7.73. The smallest absolute Gasteiger partial charge is 0.253 e. The van der Waals surface area contributed by atoms with Gasteiger partial charge in [-0.2, -0.15) is 0 Å². The molecule has 7 nitrogen and oxygen atoms in total. The molecule has 2 aromatic heterocycles. The lowest BCUT2D eigenvalue weighted by Gasteiger charge is -2.04. The highest BCUT2D eigenvalue weighted by Gasteiger charge is 2.15. The van der Waals surface area contributed by atoms with E-state index in [1.165, 1.54) is 16.9 Å². The molecule has 4 rings (SSSR count). The van der Waals surface area contributed by atoms with Crippen LogP contribution in [-0.2, 0) is 18.3 Å². The number of fused-ring (bicyclic) bond motifs is 1. The maximum absolute atomic E-state index is 12.1. The van der Waals surface area contributed by atoms with E-state index in [1.807, 2.05) is 30.6 Å². The Bertz CT molecular complexity index is 1010. The molecule has 0 saturated carbocycles. The van der Waals surface area contributed by atoms with E-state index < -0.39 is 0 Å². The Morgan fingerprint density at radius 2 is 2.22 bits per heavy atom. The summed E-state index contributed by atoms with van der Waals surface area (Å²) in [5.41, 5.74) is 3.45. The second kappa shape index (κ2) is 7.24. The van der Waals surface area contributed by atoms with Crippen molar-refractivity contribution in [3.63, 3.8) is 0 Å². The quantitative estimate of drug-likeness (QED) is 0.710. The van der Waals surface area contributed by atoms with E-state index >= 15 is 0 Å². The lowest BCUT2D eigenvalue weighted by molar-refractivity contribution is -0.115. The zero-order valence-electron chi connectivity index (χ0n) is 14.7. The first-order valence-electron chi connectivity index (χ1n) is 8.50. The van der Waals surface area contributed by atoms with E-state index in [4.69, 9.17) is 4.74 Å². The molecule has 0 radical (unpaired) electrons. The van der Waals surface area contributed by atoms with Crippen LogP contribution in [0.3, 0.4) is 0 Å². The van der Waals surface area contributed by atoms with Crippen LogP contribution in [0.1, 0.15) is 15.9 Å². The molecular formula is C19H18N4O3S. The summed E-state index contributed by atoms with van der Waals surface area (Å²) in [5, 5.41) is 7.68. The molecule has 0 unspecified atom stereocenters. The van der Waals surface area contributed by atoms with Crippen LogP contribution in [0.4, 0.5) is 5.13 Å². The summed E-state index contributed by atoms with van der Waals surface area (Å²) in [6.45, 7) is 0.598. The number of amides is 2. The molecule has 0 saturated heterocycles. The Kier molecular flexibility index (Phi) is 4.64. The van der Waals surface area contributed by atoms with Crippen LogP contribution in [0.15, 0.2) is 42.0 Å². The third-order valence-corrected chi connectivity index (χ3v) is 5.00. The molecule has 0 fully saturated rings. The number of hydrogen-bond acceptors (Lipinski definition) is 5. The molecule has 3 aromatic rings. The molecule has 2 amide bonds.